The van der Waals surface area contributed by atoms with Crippen molar-refractivity contribution in [3.05, 3.63) is 71.8 Å². The fourth-order valence-electron chi connectivity index (χ4n) is 7.25. The Hall–Kier alpha value is -2.70. The highest BCUT2D eigenvalue weighted by Crippen LogP contribution is 2.42. The number of piperazine rings is 1. The van der Waals surface area contributed by atoms with Gasteiger partial charge in [0.2, 0.25) is 11.8 Å². The third kappa shape index (κ3) is 4.82. The van der Waals surface area contributed by atoms with E-state index in [1.165, 1.54) is 11.1 Å². The van der Waals surface area contributed by atoms with Crippen LogP contribution in [0.3, 0.4) is 0 Å². The summed E-state index contributed by atoms with van der Waals surface area (Å²) in [6, 6.07) is 21.2. The Labute approximate surface area is 221 Å². The van der Waals surface area contributed by atoms with Gasteiger partial charge in [-0.1, -0.05) is 60.7 Å². The summed E-state index contributed by atoms with van der Waals surface area (Å²) in [5.74, 6) is 0.473. The lowest BCUT2D eigenvalue weighted by Crippen LogP contribution is -2.74. The number of amides is 2. The van der Waals surface area contributed by atoms with E-state index in [1.54, 1.807) is 0 Å². The van der Waals surface area contributed by atoms with Crippen LogP contribution in [0.2, 0.25) is 0 Å². The van der Waals surface area contributed by atoms with E-state index in [9.17, 15) is 9.59 Å². The van der Waals surface area contributed by atoms with Gasteiger partial charge in [-0.15, -0.1) is 0 Å². The van der Waals surface area contributed by atoms with Crippen LogP contribution in [-0.4, -0.2) is 88.3 Å². The van der Waals surface area contributed by atoms with Crippen molar-refractivity contribution in [2.75, 3.05) is 39.3 Å². The Morgan fingerprint density at radius 1 is 0.730 bits per heavy atom. The number of nitrogens with zero attached hydrogens (tertiary/aromatic N) is 4. The minimum atomic E-state index is -0.645. The smallest absolute Gasteiger partial charge is 0.249 e. The Kier molecular flexibility index (Phi) is 7.04. The van der Waals surface area contributed by atoms with Crippen molar-refractivity contribution < 1.29 is 9.59 Å². The van der Waals surface area contributed by atoms with Gasteiger partial charge in [0.05, 0.1) is 0 Å². The van der Waals surface area contributed by atoms with Gasteiger partial charge >= 0.3 is 0 Å². The first-order chi connectivity index (χ1) is 18.1. The molecule has 37 heavy (non-hydrogen) atoms. The summed E-state index contributed by atoms with van der Waals surface area (Å²) in [6.45, 7) is 6.43. The average molecular weight is 501 g/mol. The van der Waals surface area contributed by atoms with Crippen molar-refractivity contribution >= 4 is 11.8 Å². The Balaban J connectivity index is 1.15. The monoisotopic (exact) mass is 500 g/mol. The Morgan fingerprint density at radius 2 is 1.38 bits per heavy atom. The molecule has 0 aromatic heterocycles. The molecule has 4 heterocycles. The summed E-state index contributed by atoms with van der Waals surface area (Å²) in [4.78, 5) is 37.2. The molecule has 196 valence electrons. The van der Waals surface area contributed by atoms with E-state index in [0.29, 0.717) is 0 Å². The Morgan fingerprint density at radius 3 is 2.05 bits per heavy atom. The molecule has 1 atom stereocenters. The fraction of sp³-hybridized carbons (Fsp3) is 0.548. The van der Waals surface area contributed by atoms with Crippen LogP contribution in [0.25, 0.3) is 0 Å². The van der Waals surface area contributed by atoms with Crippen LogP contribution in [0.1, 0.15) is 49.7 Å². The molecule has 4 saturated heterocycles. The number of fused-ring (bicyclic) bond motifs is 1. The third-order valence-electron chi connectivity index (χ3n) is 9.31. The summed E-state index contributed by atoms with van der Waals surface area (Å²) < 4.78 is 0. The zero-order chi connectivity index (χ0) is 25.2. The molecule has 4 aliphatic rings. The van der Waals surface area contributed by atoms with Crippen LogP contribution in [0, 0.1) is 0 Å². The minimum absolute atomic E-state index is 0.169. The Bertz CT molecular complexity index is 1070. The second-order valence-electron chi connectivity index (χ2n) is 11.5. The summed E-state index contributed by atoms with van der Waals surface area (Å²) in [7, 11) is 0. The number of benzene rings is 2. The number of likely N-dealkylation sites (tertiary alicyclic amines) is 2. The maximum Gasteiger partial charge on any atom is 0.249 e. The highest BCUT2D eigenvalue weighted by atomic mass is 16.2. The van der Waals surface area contributed by atoms with Crippen LogP contribution in [0.4, 0.5) is 0 Å². The lowest BCUT2D eigenvalue weighted by molar-refractivity contribution is -0.178. The summed E-state index contributed by atoms with van der Waals surface area (Å²) in [5, 5.41) is 0. The first-order valence-electron chi connectivity index (χ1n) is 14.3. The topological polar surface area (TPSA) is 47.1 Å². The van der Waals surface area contributed by atoms with Crippen molar-refractivity contribution in [3.63, 3.8) is 0 Å². The van der Waals surface area contributed by atoms with E-state index in [-0.39, 0.29) is 23.9 Å². The molecule has 2 aromatic rings. The number of hydrogen-bond donors (Lipinski definition) is 0. The van der Waals surface area contributed by atoms with Crippen molar-refractivity contribution in [3.8, 4) is 0 Å². The number of carbonyl (C=O) groups is 2. The number of carbonyl (C=O) groups excluding carboxylic acids is 2. The molecule has 4 aliphatic heterocycles. The van der Waals surface area contributed by atoms with Gasteiger partial charge in [0.1, 0.15) is 11.6 Å². The average Bonchev–Trinajstić information content (AvgIpc) is 3.44. The van der Waals surface area contributed by atoms with Gasteiger partial charge < -0.3 is 14.7 Å². The highest BCUT2D eigenvalue weighted by molar-refractivity contribution is 6.00. The van der Waals surface area contributed by atoms with Crippen molar-refractivity contribution in [2.45, 2.75) is 69.1 Å². The van der Waals surface area contributed by atoms with Crippen LogP contribution in [0.15, 0.2) is 60.7 Å². The molecule has 1 unspecified atom stereocenters. The molecule has 6 nitrogen and oxygen atoms in total. The molecule has 1 spiro atoms. The molecule has 0 saturated carbocycles. The van der Waals surface area contributed by atoms with Gasteiger partial charge in [-0.05, 0) is 56.1 Å². The molecule has 4 fully saturated rings. The zero-order valence-electron chi connectivity index (χ0n) is 21.9. The molecular formula is C31H40N4O2. The van der Waals surface area contributed by atoms with Gasteiger partial charge in [0.25, 0.3) is 0 Å². The lowest BCUT2D eigenvalue weighted by Gasteiger charge is -2.57. The number of hydrogen-bond acceptors (Lipinski definition) is 4. The quantitative estimate of drug-likeness (QED) is 0.609. The largest absolute Gasteiger partial charge is 0.329 e. The van der Waals surface area contributed by atoms with E-state index in [1.807, 2.05) is 4.90 Å². The SMILES string of the molecule is O=C1C2CCCN2C(=O)C2(CCN(CCc3ccccc3)CC2)N1C1CCN(Cc2ccccc2)CC1. The third-order valence-corrected chi connectivity index (χ3v) is 9.31. The van der Waals surface area contributed by atoms with Gasteiger partial charge in [0.15, 0.2) is 0 Å². The first kappa shape index (κ1) is 24.6. The van der Waals surface area contributed by atoms with Gasteiger partial charge in [-0.25, -0.2) is 0 Å². The molecule has 6 heteroatoms. The van der Waals surface area contributed by atoms with Crippen LogP contribution < -0.4 is 0 Å². The molecule has 2 amide bonds. The standard InChI is InChI=1S/C31H40N4O2/c36-29-28-12-7-18-34(28)30(37)31(16-22-32(23-17-31)19-13-25-8-3-1-4-9-25)35(29)27-14-20-33(21-15-27)24-26-10-5-2-6-11-26/h1-6,8-11,27-28H,7,12-24H2. The van der Waals surface area contributed by atoms with Gasteiger partial charge in [0, 0.05) is 51.9 Å². The van der Waals surface area contributed by atoms with Crippen LogP contribution >= 0.6 is 0 Å². The molecule has 0 radical (unpaired) electrons. The second-order valence-corrected chi connectivity index (χ2v) is 11.5. The summed E-state index contributed by atoms with van der Waals surface area (Å²) >= 11 is 0. The molecule has 2 aromatic carbocycles. The first-order valence-corrected chi connectivity index (χ1v) is 14.3. The predicted octanol–water partition coefficient (Wildman–Crippen LogP) is 3.56. The van der Waals surface area contributed by atoms with Crippen LogP contribution in [-0.2, 0) is 22.6 Å². The lowest BCUT2D eigenvalue weighted by atomic mass is 9.79. The summed E-state index contributed by atoms with van der Waals surface area (Å²) in [5.41, 5.74) is 2.05. The van der Waals surface area contributed by atoms with Gasteiger partial charge in [-0.2, -0.15) is 0 Å². The molecular weight excluding hydrogens is 460 g/mol. The maximum atomic E-state index is 14.1. The zero-order valence-corrected chi connectivity index (χ0v) is 21.9. The fourth-order valence-corrected chi connectivity index (χ4v) is 7.25. The normalized spacial score (nSPS) is 25.1. The van der Waals surface area contributed by atoms with Crippen molar-refractivity contribution in [1.29, 1.82) is 0 Å². The van der Waals surface area contributed by atoms with E-state index >= 15 is 0 Å². The van der Waals surface area contributed by atoms with E-state index < -0.39 is 5.54 Å². The second kappa shape index (κ2) is 10.6. The predicted molar refractivity (Wildman–Crippen MR) is 145 cm³/mol. The van der Waals surface area contributed by atoms with Crippen molar-refractivity contribution in [2.24, 2.45) is 0 Å². The molecule has 0 bridgehead atoms. The molecule has 0 aliphatic carbocycles. The van der Waals surface area contributed by atoms with Gasteiger partial charge in [-0.3, -0.25) is 14.5 Å². The summed E-state index contributed by atoms with van der Waals surface area (Å²) in [6.07, 6.45) is 6.24. The van der Waals surface area contributed by atoms with E-state index in [0.717, 1.165) is 90.8 Å². The maximum absolute atomic E-state index is 14.1. The van der Waals surface area contributed by atoms with Crippen LogP contribution in [0.5, 0.6) is 0 Å². The van der Waals surface area contributed by atoms with E-state index in [2.05, 4.69) is 75.4 Å². The molecule has 6 rings (SSSR count). The highest BCUT2D eigenvalue weighted by Gasteiger charge is 2.59. The number of rotatable bonds is 6. The van der Waals surface area contributed by atoms with E-state index in [4.69, 9.17) is 0 Å². The number of piperidine rings is 2. The minimum Gasteiger partial charge on any atom is -0.329 e. The van der Waals surface area contributed by atoms with Crippen molar-refractivity contribution in [1.82, 2.24) is 19.6 Å². The molecule has 0 N–H and O–H groups in total.